The average molecular weight is 259 g/mol. The van der Waals surface area contributed by atoms with Crippen molar-refractivity contribution >= 4 is 5.69 Å². The molecule has 5 heteroatoms. The molecule has 100 valence electrons. The summed E-state index contributed by atoms with van der Waals surface area (Å²) in [4.78, 5) is 0. The number of anilines is 1. The van der Waals surface area contributed by atoms with E-state index in [2.05, 4.69) is 0 Å². The first-order valence-corrected chi connectivity index (χ1v) is 6.06. The first-order valence-electron chi connectivity index (χ1n) is 6.06. The first-order chi connectivity index (χ1) is 8.47. The number of halogens is 3. The fraction of sp³-hybridized carbons (Fsp3) is 0.538. The van der Waals surface area contributed by atoms with E-state index in [1.54, 1.807) is 0 Å². The summed E-state index contributed by atoms with van der Waals surface area (Å²) in [7, 11) is 0. The van der Waals surface area contributed by atoms with Crippen molar-refractivity contribution in [1.82, 2.24) is 0 Å². The second-order valence-corrected chi connectivity index (χ2v) is 4.68. The summed E-state index contributed by atoms with van der Waals surface area (Å²) in [6.45, 7) is 0.464. The van der Waals surface area contributed by atoms with Gasteiger partial charge in [-0.15, -0.1) is 0 Å². The van der Waals surface area contributed by atoms with Crippen LogP contribution in [0.5, 0.6) is 5.75 Å². The zero-order chi connectivity index (χ0) is 13.2. The molecular formula is C13H16F3NO. The SMILES string of the molecule is Nc1ccc(OCCC2CCC2)cc1C(F)(F)F. The Balaban J connectivity index is 1.95. The minimum atomic E-state index is -4.43. The molecular weight excluding hydrogens is 243 g/mol. The van der Waals surface area contributed by atoms with Gasteiger partial charge in [0.25, 0.3) is 0 Å². The second-order valence-electron chi connectivity index (χ2n) is 4.68. The van der Waals surface area contributed by atoms with Gasteiger partial charge >= 0.3 is 6.18 Å². The molecule has 0 aromatic heterocycles. The molecule has 1 aliphatic carbocycles. The molecule has 0 unspecified atom stereocenters. The highest BCUT2D eigenvalue weighted by molar-refractivity contribution is 5.51. The number of rotatable bonds is 4. The Morgan fingerprint density at radius 2 is 2.00 bits per heavy atom. The predicted octanol–water partition coefficient (Wildman–Crippen LogP) is 3.86. The smallest absolute Gasteiger partial charge is 0.418 e. The number of hydrogen-bond donors (Lipinski definition) is 1. The molecule has 0 heterocycles. The fourth-order valence-corrected chi connectivity index (χ4v) is 2.00. The van der Waals surface area contributed by atoms with Gasteiger partial charge in [-0.2, -0.15) is 13.2 Å². The Labute approximate surface area is 104 Å². The summed E-state index contributed by atoms with van der Waals surface area (Å²) in [6, 6.07) is 3.68. The van der Waals surface area contributed by atoms with Gasteiger partial charge in [0.1, 0.15) is 5.75 Å². The van der Waals surface area contributed by atoms with Crippen molar-refractivity contribution in [2.24, 2.45) is 5.92 Å². The van der Waals surface area contributed by atoms with Crippen LogP contribution in [0.4, 0.5) is 18.9 Å². The topological polar surface area (TPSA) is 35.2 Å². The summed E-state index contributed by atoms with van der Waals surface area (Å²) >= 11 is 0. The van der Waals surface area contributed by atoms with Crippen LogP contribution in [0.2, 0.25) is 0 Å². The van der Waals surface area contributed by atoms with Crippen molar-refractivity contribution in [2.75, 3.05) is 12.3 Å². The third-order valence-corrected chi connectivity index (χ3v) is 3.35. The number of nitrogens with two attached hydrogens (primary N) is 1. The molecule has 1 aliphatic rings. The predicted molar refractivity (Wildman–Crippen MR) is 63.3 cm³/mol. The van der Waals surface area contributed by atoms with Crippen molar-refractivity contribution in [3.63, 3.8) is 0 Å². The van der Waals surface area contributed by atoms with Gasteiger partial charge in [-0.3, -0.25) is 0 Å². The van der Waals surface area contributed by atoms with Gasteiger partial charge in [-0.1, -0.05) is 19.3 Å². The van der Waals surface area contributed by atoms with Crippen molar-refractivity contribution in [3.8, 4) is 5.75 Å². The minimum Gasteiger partial charge on any atom is -0.494 e. The average Bonchev–Trinajstić information content (AvgIpc) is 2.22. The van der Waals surface area contributed by atoms with Gasteiger partial charge in [0.15, 0.2) is 0 Å². The van der Waals surface area contributed by atoms with Crippen LogP contribution in [-0.2, 0) is 6.18 Å². The Morgan fingerprint density at radius 3 is 2.56 bits per heavy atom. The van der Waals surface area contributed by atoms with E-state index in [-0.39, 0.29) is 11.4 Å². The van der Waals surface area contributed by atoms with E-state index in [4.69, 9.17) is 10.5 Å². The largest absolute Gasteiger partial charge is 0.494 e. The van der Waals surface area contributed by atoms with Crippen LogP contribution >= 0.6 is 0 Å². The molecule has 2 rings (SSSR count). The molecule has 0 saturated heterocycles. The number of hydrogen-bond acceptors (Lipinski definition) is 2. The number of benzene rings is 1. The highest BCUT2D eigenvalue weighted by atomic mass is 19.4. The lowest BCUT2D eigenvalue weighted by Gasteiger charge is -2.25. The highest BCUT2D eigenvalue weighted by Gasteiger charge is 2.33. The molecule has 0 aliphatic heterocycles. The monoisotopic (exact) mass is 259 g/mol. The van der Waals surface area contributed by atoms with Crippen molar-refractivity contribution in [3.05, 3.63) is 23.8 Å². The number of alkyl halides is 3. The lowest BCUT2D eigenvalue weighted by Crippen LogP contribution is -2.15. The molecule has 1 saturated carbocycles. The molecule has 2 N–H and O–H groups in total. The standard InChI is InChI=1S/C13H16F3NO/c14-13(15,16)11-8-10(4-5-12(11)17)18-7-6-9-2-1-3-9/h4-5,8-9H,1-3,6-7,17H2. The molecule has 1 fully saturated rings. The van der Waals surface area contributed by atoms with E-state index in [9.17, 15) is 13.2 Å². The van der Waals surface area contributed by atoms with Crippen LogP contribution < -0.4 is 10.5 Å². The van der Waals surface area contributed by atoms with Gasteiger partial charge in [0.05, 0.1) is 12.2 Å². The minimum absolute atomic E-state index is 0.232. The third kappa shape index (κ3) is 3.09. The molecule has 2 nitrogen and oxygen atoms in total. The maximum absolute atomic E-state index is 12.6. The molecule has 1 aromatic rings. The molecule has 0 bridgehead atoms. The van der Waals surface area contributed by atoms with Crippen molar-refractivity contribution in [2.45, 2.75) is 31.9 Å². The van der Waals surface area contributed by atoms with Crippen molar-refractivity contribution in [1.29, 1.82) is 0 Å². The van der Waals surface area contributed by atoms with Crippen LogP contribution in [0.3, 0.4) is 0 Å². The van der Waals surface area contributed by atoms with Crippen LogP contribution in [0.25, 0.3) is 0 Å². The molecule has 1 aromatic carbocycles. The second kappa shape index (κ2) is 5.08. The van der Waals surface area contributed by atoms with Gasteiger partial charge in [-0.05, 0) is 30.5 Å². The molecule has 0 radical (unpaired) electrons. The first kappa shape index (κ1) is 13.1. The van der Waals surface area contributed by atoms with E-state index in [0.29, 0.717) is 12.5 Å². The fourth-order valence-electron chi connectivity index (χ4n) is 2.00. The van der Waals surface area contributed by atoms with Gasteiger partial charge in [0, 0.05) is 5.69 Å². The maximum Gasteiger partial charge on any atom is 0.418 e. The number of ether oxygens (including phenoxy) is 1. The summed E-state index contributed by atoms with van der Waals surface area (Å²) in [6.07, 6.45) is 0.145. The zero-order valence-electron chi connectivity index (χ0n) is 9.96. The van der Waals surface area contributed by atoms with E-state index in [1.165, 1.54) is 31.4 Å². The van der Waals surface area contributed by atoms with Gasteiger partial charge < -0.3 is 10.5 Å². The maximum atomic E-state index is 12.6. The Kier molecular flexibility index (Phi) is 3.68. The highest BCUT2D eigenvalue weighted by Crippen LogP contribution is 2.36. The zero-order valence-corrected chi connectivity index (χ0v) is 9.96. The lowest BCUT2D eigenvalue weighted by molar-refractivity contribution is -0.137. The summed E-state index contributed by atoms with van der Waals surface area (Å²) in [5.74, 6) is 0.914. The Hall–Kier alpha value is -1.39. The van der Waals surface area contributed by atoms with Crippen LogP contribution in [-0.4, -0.2) is 6.61 Å². The van der Waals surface area contributed by atoms with Crippen molar-refractivity contribution < 1.29 is 17.9 Å². The summed E-state index contributed by atoms with van der Waals surface area (Å²) < 4.78 is 43.2. The van der Waals surface area contributed by atoms with E-state index < -0.39 is 11.7 Å². The quantitative estimate of drug-likeness (QED) is 0.833. The molecule has 18 heavy (non-hydrogen) atoms. The van der Waals surface area contributed by atoms with Crippen LogP contribution in [0, 0.1) is 5.92 Å². The molecule has 0 spiro atoms. The van der Waals surface area contributed by atoms with E-state index in [1.807, 2.05) is 0 Å². The number of nitrogen functional groups attached to an aromatic ring is 1. The van der Waals surface area contributed by atoms with Crippen LogP contribution in [0.1, 0.15) is 31.2 Å². The third-order valence-electron chi connectivity index (χ3n) is 3.35. The normalized spacial score (nSPS) is 16.4. The summed E-state index contributed by atoms with van der Waals surface area (Å²) in [5, 5.41) is 0. The van der Waals surface area contributed by atoms with Crippen LogP contribution in [0.15, 0.2) is 18.2 Å². The van der Waals surface area contributed by atoms with Gasteiger partial charge in [-0.25, -0.2) is 0 Å². The Morgan fingerprint density at radius 1 is 1.28 bits per heavy atom. The summed E-state index contributed by atoms with van der Waals surface area (Å²) in [5.41, 5.74) is 4.21. The van der Waals surface area contributed by atoms with E-state index >= 15 is 0 Å². The molecule has 0 amide bonds. The van der Waals surface area contributed by atoms with E-state index in [0.717, 1.165) is 12.5 Å². The van der Waals surface area contributed by atoms with Gasteiger partial charge in [0.2, 0.25) is 0 Å². The lowest BCUT2D eigenvalue weighted by atomic mass is 9.83. The molecule has 0 atom stereocenters. The Bertz CT molecular complexity index is 413.